The number of nitrogens with one attached hydrogen (secondary N) is 1. The van der Waals surface area contributed by atoms with Crippen LogP contribution in [0.3, 0.4) is 0 Å². The van der Waals surface area contributed by atoms with Gasteiger partial charge < -0.3 is 18.9 Å². The average molecular weight is 450 g/mol. The number of oxazole rings is 1. The number of hydrogen-bond donors (Lipinski definition) is 1. The van der Waals surface area contributed by atoms with Crippen molar-refractivity contribution in [2.75, 3.05) is 38.2 Å². The number of benzene rings is 2. The molecule has 0 aliphatic carbocycles. The molecule has 0 spiro atoms. The summed E-state index contributed by atoms with van der Waals surface area (Å²) in [5.74, 6) is -0.214. The highest BCUT2D eigenvalue weighted by Crippen LogP contribution is 2.21. The smallest absolute Gasteiger partial charge is 0.419 e. The third-order valence-corrected chi connectivity index (χ3v) is 6.10. The Morgan fingerprint density at radius 3 is 2.94 bits per heavy atom. The van der Waals surface area contributed by atoms with Crippen LogP contribution in [0.2, 0.25) is 0 Å². The number of nitrogens with zero attached hydrogens (tertiary/aromatic N) is 2. The number of fused-ring (bicyclic) bond motifs is 2. The predicted molar refractivity (Wildman–Crippen MR) is 125 cm³/mol. The zero-order valence-electron chi connectivity index (χ0n) is 18.6. The molecule has 172 valence electrons. The minimum atomic E-state index is -0.391. The van der Waals surface area contributed by atoms with Crippen LogP contribution in [0.4, 0.5) is 5.69 Å². The van der Waals surface area contributed by atoms with Crippen molar-refractivity contribution >= 4 is 33.7 Å². The van der Waals surface area contributed by atoms with Crippen LogP contribution in [0.15, 0.2) is 62.4 Å². The first-order valence-corrected chi connectivity index (χ1v) is 11.3. The molecule has 1 unspecified atom stereocenters. The summed E-state index contributed by atoms with van der Waals surface area (Å²) in [4.78, 5) is 26.8. The lowest BCUT2D eigenvalue weighted by atomic mass is 9.99. The average Bonchev–Trinajstić information content (AvgIpc) is 3.31. The van der Waals surface area contributed by atoms with Gasteiger partial charge in [0.2, 0.25) is 5.91 Å². The molecule has 0 bridgehead atoms. The van der Waals surface area contributed by atoms with Crippen LogP contribution in [-0.2, 0) is 22.5 Å². The molecule has 0 radical (unpaired) electrons. The minimum Gasteiger partial charge on any atom is -0.464 e. The quantitative estimate of drug-likeness (QED) is 0.485. The molecule has 1 amide bonds. The van der Waals surface area contributed by atoms with Gasteiger partial charge in [0.15, 0.2) is 5.58 Å². The molecule has 33 heavy (non-hydrogen) atoms. The van der Waals surface area contributed by atoms with Crippen LogP contribution >= 0.6 is 0 Å². The maximum atomic E-state index is 12.7. The minimum absolute atomic E-state index is 0.107. The Morgan fingerprint density at radius 2 is 2.06 bits per heavy atom. The van der Waals surface area contributed by atoms with Gasteiger partial charge >= 0.3 is 5.76 Å². The molecule has 1 fully saturated rings. The third-order valence-electron chi connectivity index (χ3n) is 6.10. The second-order valence-electron chi connectivity index (χ2n) is 8.52. The highest BCUT2D eigenvalue weighted by molar-refractivity contribution is 5.94. The van der Waals surface area contributed by atoms with E-state index in [0.29, 0.717) is 37.6 Å². The topological polar surface area (TPSA) is 89.9 Å². The molecule has 8 heteroatoms. The zero-order valence-corrected chi connectivity index (χ0v) is 18.6. The molecule has 1 atom stereocenters. The summed E-state index contributed by atoms with van der Waals surface area (Å²) in [5, 5.41) is 4.02. The summed E-state index contributed by atoms with van der Waals surface area (Å²) in [6.45, 7) is 5.44. The van der Waals surface area contributed by atoms with Crippen LogP contribution in [-0.4, -0.2) is 48.2 Å². The normalized spacial score (nSPS) is 17.4. The molecule has 1 aliphatic heterocycles. The lowest BCUT2D eigenvalue weighted by Gasteiger charge is -2.23. The largest absolute Gasteiger partial charge is 0.464 e. The number of furan rings is 1. The fourth-order valence-electron chi connectivity index (χ4n) is 4.53. The van der Waals surface area contributed by atoms with Crippen molar-refractivity contribution in [3.05, 3.63) is 64.8 Å². The van der Waals surface area contributed by atoms with Crippen LogP contribution in [0, 0.1) is 5.92 Å². The molecule has 2 aromatic carbocycles. The first-order valence-electron chi connectivity index (χ1n) is 11.3. The maximum Gasteiger partial charge on any atom is 0.419 e. The second kappa shape index (κ2) is 9.25. The lowest BCUT2D eigenvalue weighted by Crippen LogP contribution is -2.37. The van der Waals surface area contributed by atoms with E-state index in [1.54, 1.807) is 29.0 Å². The van der Waals surface area contributed by atoms with E-state index < -0.39 is 5.76 Å². The van der Waals surface area contributed by atoms with Crippen molar-refractivity contribution in [1.29, 1.82) is 0 Å². The van der Waals surface area contributed by atoms with Crippen molar-refractivity contribution in [2.24, 2.45) is 5.92 Å². The number of carbonyl (C=O) groups is 1. The predicted octanol–water partition coefficient (Wildman–Crippen LogP) is 3.49. The molecule has 1 aliphatic rings. The van der Waals surface area contributed by atoms with Crippen molar-refractivity contribution in [1.82, 2.24) is 9.47 Å². The van der Waals surface area contributed by atoms with E-state index in [2.05, 4.69) is 28.4 Å². The van der Waals surface area contributed by atoms with Gasteiger partial charge in [-0.15, -0.1) is 0 Å². The van der Waals surface area contributed by atoms with Crippen LogP contribution in [0.25, 0.3) is 22.1 Å². The molecule has 2 aromatic heterocycles. The van der Waals surface area contributed by atoms with E-state index in [1.807, 2.05) is 13.0 Å². The van der Waals surface area contributed by atoms with Gasteiger partial charge in [-0.25, -0.2) is 4.79 Å². The number of ether oxygens (including phenoxy) is 1. The molecule has 4 aromatic rings. The zero-order chi connectivity index (χ0) is 22.8. The second-order valence-corrected chi connectivity index (χ2v) is 8.52. The Morgan fingerprint density at radius 1 is 1.15 bits per heavy atom. The molecular weight excluding hydrogens is 422 g/mol. The van der Waals surface area contributed by atoms with Gasteiger partial charge in [0.25, 0.3) is 0 Å². The number of aryl methyl sites for hydroxylation is 1. The molecular formula is C25H27N3O5. The van der Waals surface area contributed by atoms with Gasteiger partial charge in [0.05, 0.1) is 31.5 Å². The Kier molecular flexibility index (Phi) is 6.02. The Bertz CT molecular complexity index is 1330. The van der Waals surface area contributed by atoms with Gasteiger partial charge in [-0.1, -0.05) is 12.1 Å². The van der Waals surface area contributed by atoms with Gasteiger partial charge in [-0.05, 0) is 49.1 Å². The molecule has 0 saturated carbocycles. The van der Waals surface area contributed by atoms with Crippen molar-refractivity contribution in [3.63, 3.8) is 0 Å². The summed E-state index contributed by atoms with van der Waals surface area (Å²) < 4.78 is 18.2. The third kappa shape index (κ3) is 4.72. The van der Waals surface area contributed by atoms with E-state index in [9.17, 15) is 9.59 Å². The number of rotatable bonds is 6. The van der Waals surface area contributed by atoms with Gasteiger partial charge in [-0.3, -0.25) is 14.3 Å². The van der Waals surface area contributed by atoms with Crippen molar-refractivity contribution in [3.8, 4) is 0 Å². The van der Waals surface area contributed by atoms with Crippen molar-refractivity contribution in [2.45, 2.75) is 19.9 Å². The first kappa shape index (κ1) is 21.5. The molecule has 1 saturated heterocycles. The van der Waals surface area contributed by atoms with Crippen LogP contribution < -0.4 is 11.1 Å². The monoisotopic (exact) mass is 449 g/mol. The highest BCUT2D eigenvalue weighted by Gasteiger charge is 2.21. The molecule has 1 N–H and O–H groups in total. The van der Waals surface area contributed by atoms with Gasteiger partial charge in [0, 0.05) is 36.8 Å². The number of carbonyl (C=O) groups excluding carboxylic acids is 1. The van der Waals surface area contributed by atoms with Crippen LogP contribution in [0.5, 0.6) is 0 Å². The van der Waals surface area contributed by atoms with E-state index >= 15 is 0 Å². The summed E-state index contributed by atoms with van der Waals surface area (Å²) >= 11 is 0. The first-order chi connectivity index (χ1) is 16.1. The molecule has 3 heterocycles. The summed E-state index contributed by atoms with van der Waals surface area (Å²) in [6.07, 6.45) is 2.56. The fourth-order valence-corrected chi connectivity index (χ4v) is 4.53. The highest BCUT2D eigenvalue weighted by atomic mass is 16.5. The standard InChI is InChI=1S/C25H27N3O5/c1-2-28-21-6-5-20(13-23(21)33-25(28)30)26-24(29)15-27-8-10-31-16-18(14-27)11-17-3-4-19-7-9-32-22(19)12-17/h3-7,9,12-13,18H,2,8,10-11,14-16H2,1H3,(H,26,29). The Labute approximate surface area is 190 Å². The van der Waals surface area contributed by atoms with E-state index in [0.717, 1.165) is 29.5 Å². The summed E-state index contributed by atoms with van der Waals surface area (Å²) in [6, 6.07) is 13.5. The number of anilines is 1. The van der Waals surface area contributed by atoms with Gasteiger partial charge in [0.1, 0.15) is 5.58 Å². The van der Waals surface area contributed by atoms with E-state index in [4.69, 9.17) is 13.6 Å². The van der Waals surface area contributed by atoms with Crippen LogP contribution in [0.1, 0.15) is 12.5 Å². The van der Waals surface area contributed by atoms with E-state index in [1.165, 1.54) is 5.56 Å². The van der Waals surface area contributed by atoms with Crippen molar-refractivity contribution < 1.29 is 18.4 Å². The maximum absolute atomic E-state index is 12.7. The Hall–Kier alpha value is -3.36. The molecule has 5 rings (SSSR count). The number of hydrogen-bond acceptors (Lipinski definition) is 6. The lowest BCUT2D eigenvalue weighted by molar-refractivity contribution is -0.117. The van der Waals surface area contributed by atoms with Gasteiger partial charge in [-0.2, -0.15) is 0 Å². The SMILES string of the molecule is CCn1c(=O)oc2cc(NC(=O)CN3CCOCC(Cc4ccc5ccoc5c4)C3)ccc21. The number of aromatic nitrogens is 1. The molecule has 8 nitrogen and oxygen atoms in total. The number of amides is 1. The fraction of sp³-hybridized carbons (Fsp3) is 0.360. The Balaban J connectivity index is 1.22. The summed E-state index contributed by atoms with van der Waals surface area (Å²) in [7, 11) is 0. The van der Waals surface area contributed by atoms with E-state index in [-0.39, 0.29) is 18.4 Å². The summed E-state index contributed by atoms with van der Waals surface area (Å²) in [5.41, 5.74) is 3.89.